The molecule has 0 bridgehead atoms. The molecular weight excluding hydrogens is 224 g/mol. The summed E-state index contributed by atoms with van der Waals surface area (Å²) in [6.45, 7) is 13.5. The molecule has 0 amide bonds. The van der Waals surface area contributed by atoms with E-state index in [2.05, 4.69) is 54.9 Å². The number of hydrogen-bond acceptors (Lipinski definition) is 4. The van der Waals surface area contributed by atoms with Crippen molar-refractivity contribution in [2.75, 3.05) is 25.5 Å². The van der Waals surface area contributed by atoms with Crippen LogP contribution in [-0.4, -0.2) is 35.0 Å². The van der Waals surface area contributed by atoms with Crippen LogP contribution in [0, 0.1) is 12.3 Å². The minimum atomic E-state index is 0.295. The first-order valence-electron chi connectivity index (χ1n) is 6.57. The lowest BCUT2D eigenvalue weighted by Gasteiger charge is -2.26. The zero-order chi connectivity index (χ0) is 13.8. The summed E-state index contributed by atoms with van der Waals surface area (Å²) in [6.07, 6.45) is 0. The van der Waals surface area contributed by atoms with Gasteiger partial charge in [-0.3, -0.25) is 4.90 Å². The van der Waals surface area contributed by atoms with E-state index in [0.29, 0.717) is 5.41 Å². The maximum absolute atomic E-state index is 4.53. The number of anilines is 1. The van der Waals surface area contributed by atoms with Crippen molar-refractivity contribution in [1.29, 1.82) is 0 Å². The highest BCUT2D eigenvalue weighted by atomic mass is 15.1. The molecule has 4 nitrogen and oxygen atoms in total. The van der Waals surface area contributed by atoms with E-state index in [0.717, 1.165) is 37.0 Å². The molecule has 0 saturated carbocycles. The second-order valence-corrected chi connectivity index (χ2v) is 6.07. The van der Waals surface area contributed by atoms with E-state index in [1.807, 2.05) is 13.0 Å². The fourth-order valence-electron chi connectivity index (χ4n) is 2.08. The maximum Gasteiger partial charge on any atom is 0.144 e. The molecule has 102 valence electrons. The lowest BCUT2D eigenvalue weighted by atomic mass is 9.96. The molecule has 0 aliphatic rings. The lowest BCUT2D eigenvalue weighted by molar-refractivity contribution is 0.217. The molecule has 0 spiro atoms. The molecule has 1 aromatic rings. The molecule has 0 fully saturated rings. The van der Waals surface area contributed by atoms with E-state index >= 15 is 0 Å². The molecule has 0 saturated heterocycles. The minimum Gasteiger partial charge on any atom is -0.370 e. The van der Waals surface area contributed by atoms with Gasteiger partial charge in [-0.25, -0.2) is 9.97 Å². The summed E-state index contributed by atoms with van der Waals surface area (Å²) in [5, 5.41) is 3.24. The van der Waals surface area contributed by atoms with E-state index in [1.54, 1.807) is 0 Å². The average Bonchev–Trinajstić information content (AvgIpc) is 2.12. The Morgan fingerprint density at radius 2 is 1.94 bits per heavy atom. The molecule has 0 unspecified atom stereocenters. The van der Waals surface area contributed by atoms with Crippen molar-refractivity contribution in [3.8, 4) is 0 Å². The third kappa shape index (κ3) is 5.45. The van der Waals surface area contributed by atoms with Gasteiger partial charge < -0.3 is 5.32 Å². The second-order valence-electron chi connectivity index (χ2n) is 6.07. The lowest BCUT2D eigenvalue weighted by Crippen LogP contribution is -2.29. The Morgan fingerprint density at radius 3 is 2.50 bits per heavy atom. The summed E-state index contributed by atoms with van der Waals surface area (Å²) in [7, 11) is 2.11. The molecule has 1 rings (SSSR count). The fraction of sp³-hybridized carbons (Fsp3) is 0.714. The number of nitrogens with zero attached hydrogens (tertiary/aromatic N) is 3. The molecule has 18 heavy (non-hydrogen) atoms. The second kappa shape index (κ2) is 6.14. The summed E-state index contributed by atoms with van der Waals surface area (Å²) in [5.74, 6) is 1.81. The summed E-state index contributed by atoms with van der Waals surface area (Å²) in [5.41, 5.74) is 1.31. The molecule has 0 aliphatic carbocycles. The number of aromatic nitrogens is 2. The Bertz CT molecular complexity index is 382. The van der Waals surface area contributed by atoms with Gasteiger partial charge in [-0.2, -0.15) is 0 Å². The number of nitrogens with one attached hydrogen (secondary N) is 1. The Balaban J connectivity index is 2.71. The van der Waals surface area contributed by atoms with Gasteiger partial charge in [0.1, 0.15) is 11.6 Å². The fourth-order valence-corrected chi connectivity index (χ4v) is 2.08. The standard InChI is InChI=1S/C14H26N4/c1-7-15-12-8-11(2)16-13(17-12)9-18(6)10-14(3,4)5/h8H,7,9-10H2,1-6H3,(H,15,16,17). The van der Waals surface area contributed by atoms with Gasteiger partial charge in [0.2, 0.25) is 0 Å². The summed E-state index contributed by atoms with van der Waals surface area (Å²) < 4.78 is 0. The molecule has 1 aromatic heterocycles. The highest BCUT2D eigenvalue weighted by Gasteiger charge is 2.14. The van der Waals surface area contributed by atoms with Crippen molar-refractivity contribution in [1.82, 2.24) is 14.9 Å². The topological polar surface area (TPSA) is 41.1 Å². The third-order valence-electron chi connectivity index (χ3n) is 2.41. The van der Waals surface area contributed by atoms with Gasteiger partial charge in [0.05, 0.1) is 6.54 Å². The Hall–Kier alpha value is -1.16. The van der Waals surface area contributed by atoms with Crippen molar-refractivity contribution in [2.45, 2.75) is 41.2 Å². The summed E-state index contributed by atoms with van der Waals surface area (Å²) >= 11 is 0. The van der Waals surface area contributed by atoms with Crippen molar-refractivity contribution >= 4 is 5.82 Å². The molecule has 0 aromatic carbocycles. The zero-order valence-corrected chi connectivity index (χ0v) is 12.5. The number of hydrogen-bond donors (Lipinski definition) is 1. The molecule has 0 aliphatic heterocycles. The van der Waals surface area contributed by atoms with Crippen LogP contribution in [0.2, 0.25) is 0 Å². The van der Waals surface area contributed by atoms with E-state index < -0.39 is 0 Å². The highest BCUT2D eigenvalue weighted by Crippen LogP contribution is 2.15. The van der Waals surface area contributed by atoms with E-state index in [1.165, 1.54) is 0 Å². The first-order chi connectivity index (χ1) is 8.30. The molecule has 1 heterocycles. The largest absolute Gasteiger partial charge is 0.370 e. The van der Waals surface area contributed by atoms with Crippen LogP contribution in [0.25, 0.3) is 0 Å². The number of aryl methyl sites for hydroxylation is 1. The Morgan fingerprint density at radius 1 is 1.28 bits per heavy atom. The molecular formula is C14H26N4. The van der Waals surface area contributed by atoms with Gasteiger partial charge in [0, 0.05) is 24.8 Å². The van der Waals surface area contributed by atoms with Crippen LogP contribution in [-0.2, 0) is 6.54 Å². The number of rotatable bonds is 5. The third-order valence-corrected chi connectivity index (χ3v) is 2.41. The van der Waals surface area contributed by atoms with Crippen LogP contribution in [0.4, 0.5) is 5.82 Å². The quantitative estimate of drug-likeness (QED) is 0.872. The summed E-state index contributed by atoms with van der Waals surface area (Å²) in [4.78, 5) is 11.3. The van der Waals surface area contributed by atoms with Gasteiger partial charge in [0.15, 0.2) is 0 Å². The van der Waals surface area contributed by atoms with Crippen LogP contribution in [0.15, 0.2) is 6.07 Å². The van der Waals surface area contributed by atoms with Crippen LogP contribution in [0.3, 0.4) is 0 Å². The van der Waals surface area contributed by atoms with Gasteiger partial charge in [0.25, 0.3) is 0 Å². The first-order valence-corrected chi connectivity index (χ1v) is 6.57. The zero-order valence-electron chi connectivity index (χ0n) is 12.5. The van der Waals surface area contributed by atoms with Crippen LogP contribution in [0.1, 0.15) is 39.2 Å². The smallest absolute Gasteiger partial charge is 0.144 e. The molecule has 1 N–H and O–H groups in total. The first kappa shape index (κ1) is 14.9. The SMILES string of the molecule is CCNc1cc(C)nc(CN(C)CC(C)(C)C)n1. The van der Waals surface area contributed by atoms with Crippen LogP contribution in [0.5, 0.6) is 0 Å². The van der Waals surface area contributed by atoms with E-state index in [4.69, 9.17) is 0 Å². The Labute approximate surface area is 111 Å². The van der Waals surface area contributed by atoms with Crippen LogP contribution < -0.4 is 5.32 Å². The van der Waals surface area contributed by atoms with Crippen LogP contribution >= 0.6 is 0 Å². The maximum atomic E-state index is 4.53. The van der Waals surface area contributed by atoms with E-state index in [-0.39, 0.29) is 0 Å². The molecule has 4 heteroatoms. The Kier molecular flexibility index (Phi) is 5.08. The van der Waals surface area contributed by atoms with Crippen molar-refractivity contribution in [3.63, 3.8) is 0 Å². The minimum absolute atomic E-state index is 0.295. The monoisotopic (exact) mass is 250 g/mol. The molecule has 0 radical (unpaired) electrons. The average molecular weight is 250 g/mol. The van der Waals surface area contributed by atoms with Gasteiger partial charge in [-0.15, -0.1) is 0 Å². The highest BCUT2D eigenvalue weighted by molar-refractivity contribution is 5.35. The van der Waals surface area contributed by atoms with Gasteiger partial charge in [-0.05, 0) is 26.3 Å². The predicted molar refractivity (Wildman–Crippen MR) is 76.7 cm³/mol. The van der Waals surface area contributed by atoms with Crippen molar-refractivity contribution in [2.24, 2.45) is 5.41 Å². The van der Waals surface area contributed by atoms with Gasteiger partial charge in [-0.1, -0.05) is 20.8 Å². The van der Waals surface area contributed by atoms with Gasteiger partial charge >= 0.3 is 0 Å². The summed E-state index contributed by atoms with van der Waals surface area (Å²) in [6, 6.07) is 1.98. The predicted octanol–water partition coefficient (Wildman–Crippen LogP) is 2.69. The normalized spacial score (nSPS) is 11.9. The molecule has 0 atom stereocenters. The van der Waals surface area contributed by atoms with Crippen molar-refractivity contribution < 1.29 is 0 Å². The van der Waals surface area contributed by atoms with E-state index in [9.17, 15) is 0 Å². The van der Waals surface area contributed by atoms with Crippen molar-refractivity contribution in [3.05, 3.63) is 17.6 Å².